The average molecular weight is 271 g/mol. The van der Waals surface area contributed by atoms with Crippen molar-refractivity contribution < 1.29 is 19.4 Å². The molecular formula is C13H15ClO4. The van der Waals surface area contributed by atoms with Crippen LogP contribution in [0.4, 0.5) is 0 Å². The zero-order chi connectivity index (χ0) is 13.7. The Kier molecular flexibility index (Phi) is 5.04. The van der Waals surface area contributed by atoms with Crippen molar-refractivity contribution in [2.75, 3.05) is 7.11 Å². The van der Waals surface area contributed by atoms with Gasteiger partial charge in [-0.05, 0) is 31.6 Å². The summed E-state index contributed by atoms with van der Waals surface area (Å²) in [5, 5.41) is 8.99. The van der Waals surface area contributed by atoms with Crippen LogP contribution in [-0.2, 0) is 4.79 Å². The Hall–Kier alpha value is -1.68. The van der Waals surface area contributed by atoms with E-state index < -0.39 is 5.97 Å². The number of hydrogen-bond donors (Lipinski definition) is 1. The van der Waals surface area contributed by atoms with Crippen LogP contribution in [0.25, 0.3) is 6.08 Å². The smallest absolute Gasteiger partial charge is 0.328 e. The highest BCUT2D eigenvalue weighted by atomic mass is 35.5. The van der Waals surface area contributed by atoms with Crippen LogP contribution in [0, 0.1) is 0 Å². The quantitative estimate of drug-likeness (QED) is 0.835. The lowest BCUT2D eigenvalue weighted by molar-refractivity contribution is -0.131. The van der Waals surface area contributed by atoms with E-state index >= 15 is 0 Å². The first kappa shape index (κ1) is 14.4. The molecule has 1 rings (SSSR count). The predicted molar refractivity (Wildman–Crippen MR) is 70.4 cm³/mol. The number of methoxy groups -OCH3 is 1. The SMILES string of the molecule is COc1cc(/C=C/C(=O)O)c(Cl)cc1OC(C)C. The molecule has 1 aromatic rings. The Morgan fingerprint density at radius 3 is 2.56 bits per heavy atom. The third kappa shape index (κ3) is 3.96. The van der Waals surface area contributed by atoms with E-state index in [0.717, 1.165) is 6.08 Å². The summed E-state index contributed by atoms with van der Waals surface area (Å²) in [4.78, 5) is 10.5. The molecule has 0 unspecified atom stereocenters. The Bertz CT molecular complexity index is 466. The van der Waals surface area contributed by atoms with Gasteiger partial charge in [-0.25, -0.2) is 4.79 Å². The molecule has 0 radical (unpaired) electrons. The van der Waals surface area contributed by atoms with E-state index in [0.29, 0.717) is 22.1 Å². The van der Waals surface area contributed by atoms with Crippen LogP contribution in [0.2, 0.25) is 5.02 Å². The minimum Gasteiger partial charge on any atom is -0.493 e. The summed E-state index contributed by atoms with van der Waals surface area (Å²) in [5.41, 5.74) is 0.562. The fourth-order valence-electron chi connectivity index (χ4n) is 1.35. The van der Waals surface area contributed by atoms with Crippen LogP contribution < -0.4 is 9.47 Å². The first-order valence-electron chi connectivity index (χ1n) is 5.39. The molecule has 1 N–H and O–H groups in total. The Balaban J connectivity index is 3.13. The Morgan fingerprint density at radius 1 is 1.39 bits per heavy atom. The molecule has 4 nitrogen and oxygen atoms in total. The summed E-state index contributed by atoms with van der Waals surface area (Å²) >= 11 is 6.05. The van der Waals surface area contributed by atoms with Crippen LogP contribution in [0.15, 0.2) is 18.2 Å². The maximum Gasteiger partial charge on any atom is 0.328 e. The number of carboxylic acids is 1. The number of carboxylic acid groups (broad SMARTS) is 1. The van der Waals surface area contributed by atoms with E-state index in [1.165, 1.54) is 13.2 Å². The van der Waals surface area contributed by atoms with Crippen molar-refractivity contribution in [1.82, 2.24) is 0 Å². The molecule has 1 aromatic carbocycles. The van der Waals surface area contributed by atoms with Gasteiger partial charge in [0.2, 0.25) is 0 Å². The van der Waals surface area contributed by atoms with Gasteiger partial charge in [0.25, 0.3) is 0 Å². The molecule has 0 saturated carbocycles. The maximum atomic E-state index is 10.5. The van der Waals surface area contributed by atoms with Crippen molar-refractivity contribution in [2.45, 2.75) is 20.0 Å². The van der Waals surface area contributed by atoms with E-state index in [2.05, 4.69) is 0 Å². The molecule has 0 spiro atoms. The molecule has 0 aliphatic carbocycles. The van der Waals surface area contributed by atoms with Gasteiger partial charge >= 0.3 is 5.97 Å². The average Bonchev–Trinajstić information content (AvgIpc) is 2.27. The normalized spacial score (nSPS) is 10.9. The molecule has 0 fully saturated rings. The second-order valence-corrected chi connectivity index (χ2v) is 4.27. The van der Waals surface area contributed by atoms with Crippen LogP contribution in [0.5, 0.6) is 11.5 Å². The Morgan fingerprint density at radius 2 is 2.06 bits per heavy atom. The third-order valence-corrected chi connectivity index (χ3v) is 2.38. The largest absolute Gasteiger partial charge is 0.493 e. The van der Waals surface area contributed by atoms with Crippen molar-refractivity contribution in [1.29, 1.82) is 0 Å². The van der Waals surface area contributed by atoms with Gasteiger partial charge in [-0.2, -0.15) is 0 Å². The minimum absolute atomic E-state index is 0.00428. The second-order valence-electron chi connectivity index (χ2n) is 3.86. The van der Waals surface area contributed by atoms with Gasteiger partial charge < -0.3 is 14.6 Å². The summed E-state index contributed by atoms with van der Waals surface area (Å²) in [7, 11) is 1.51. The lowest BCUT2D eigenvalue weighted by atomic mass is 10.2. The number of carbonyl (C=O) groups is 1. The third-order valence-electron chi connectivity index (χ3n) is 2.05. The summed E-state index contributed by atoms with van der Waals surface area (Å²) in [6.45, 7) is 3.79. The van der Waals surface area contributed by atoms with Gasteiger partial charge in [-0.15, -0.1) is 0 Å². The zero-order valence-corrected chi connectivity index (χ0v) is 11.2. The number of aliphatic carboxylic acids is 1. The first-order valence-corrected chi connectivity index (χ1v) is 5.77. The van der Waals surface area contributed by atoms with E-state index in [1.54, 1.807) is 12.1 Å². The number of rotatable bonds is 5. The molecule has 0 saturated heterocycles. The molecule has 0 atom stereocenters. The van der Waals surface area contributed by atoms with Gasteiger partial charge in [-0.3, -0.25) is 0 Å². The van der Waals surface area contributed by atoms with Gasteiger partial charge in [0.15, 0.2) is 11.5 Å². The van der Waals surface area contributed by atoms with E-state index in [-0.39, 0.29) is 6.10 Å². The van der Waals surface area contributed by atoms with Crippen LogP contribution in [0.1, 0.15) is 19.4 Å². The fourth-order valence-corrected chi connectivity index (χ4v) is 1.56. The first-order chi connectivity index (χ1) is 8.43. The summed E-state index contributed by atoms with van der Waals surface area (Å²) in [6.07, 6.45) is 2.42. The van der Waals surface area contributed by atoms with Gasteiger partial charge in [0.05, 0.1) is 18.2 Å². The van der Waals surface area contributed by atoms with Gasteiger partial charge in [0.1, 0.15) is 0 Å². The maximum absolute atomic E-state index is 10.5. The topological polar surface area (TPSA) is 55.8 Å². The highest BCUT2D eigenvalue weighted by Crippen LogP contribution is 2.34. The number of hydrogen-bond acceptors (Lipinski definition) is 3. The highest BCUT2D eigenvalue weighted by molar-refractivity contribution is 6.32. The van der Waals surface area contributed by atoms with Crippen molar-refractivity contribution in [3.05, 3.63) is 28.8 Å². The molecule has 0 amide bonds. The van der Waals surface area contributed by atoms with E-state index in [1.807, 2.05) is 13.8 Å². The van der Waals surface area contributed by atoms with Crippen molar-refractivity contribution in [2.24, 2.45) is 0 Å². The molecular weight excluding hydrogens is 256 g/mol. The van der Waals surface area contributed by atoms with Crippen LogP contribution in [-0.4, -0.2) is 24.3 Å². The molecule has 0 aromatic heterocycles. The standard InChI is InChI=1S/C13H15ClO4/c1-8(2)18-12-7-10(14)9(4-5-13(15)16)6-11(12)17-3/h4-8H,1-3H3,(H,15,16)/b5-4+. The zero-order valence-electron chi connectivity index (χ0n) is 10.4. The lowest BCUT2D eigenvalue weighted by Crippen LogP contribution is -2.06. The molecule has 0 aliphatic rings. The summed E-state index contributed by atoms with van der Waals surface area (Å²) in [5.74, 6) is 0.00987. The lowest BCUT2D eigenvalue weighted by Gasteiger charge is -2.14. The summed E-state index contributed by atoms with van der Waals surface area (Å²) in [6, 6.07) is 3.25. The van der Waals surface area contributed by atoms with E-state index in [9.17, 15) is 4.79 Å². The molecule has 0 aliphatic heterocycles. The van der Waals surface area contributed by atoms with Gasteiger partial charge in [0, 0.05) is 12.1 Å². The fraction of sp³-hybridized carbons (Fsp3) is 0.308. The number of halogens is 1. The molecule has 0 bridgehead atoms. The van der Waals surface area contributed by atoms with Crippen LogP contribution in [0.3, 0.4) is 0 Å². The molecule has 5 heteroatoms. The van der Waals surface area contributed by atoms with E-state index in [4.69, 9.17) is 26.2 Å². The molecule has 0 heterocycles. The van der Waals surface area contributed by atoms with Gasteiger partial charge in [-0.1, -0.05) is 11.6 Å². The highest BCUT2D eigenvalue weighted by Gasteiger charge is 2.10. The van der Waals surface area contributed by atoms with Crippen molar-refractivity contribution >= 4 is 23.6 Å². The number of ether oxygens (including phenoxy) is 2. The number of benzene rings is 1. The second kappa shape index (κ2) is 6.31. The molecule has 18 heavy (non-hydrogen) atoms. The molecule has 98 valence electrons. The van der Waals surface area contributed by atoms with Crippen molar-refractivity contribution in [3.8, 4) is 11.5 Å². The predicted octanol–water partition coefficient (Wildman–Crippen LogP) is 3.23. The van der Waals surface area contributed by atoms with Crippen molar-refractivity contribution in [3.63, 3.8) is 0 Å². The Labute approximate surface area is 111 Å². The van der Waals surface area contributed by atoms with Crippen LogP contribution >= 0.6 is 11.6 Å². The monoisotopic (exact) mass is 270 g/mol. The minimum atomic E-state index is -1.03. The summed E-state index contributed by atoms with van der Waals surface area (Å²) < 4.78 is 10.7.